The van der Waals surface area contributed by atoms with Crippen LogP contribution in [-0.4, -0.2) is 26.5 Å². The first-order valence-corrected chi connectivity index (χ1v) is 6.79. The van der Waals surface area contributed by atoms with Crippen LogP contribution in [0.3, 0.4) is 0 Å². The molecule has 0 bridgehead atoms. The van der Waals surface area contributed by atoms with Crippen molar-refractivity contribution in [3.63, 3.8) is 0 Å². The van der Waals surface area contributed by atoms with Crippen LogP contribution < -0.4 is 5.73 Å². The lowest BCUT2D eigenvalue weighted by Crippen LogP contribution is -2.01. The van der Waals surface area contributed by atoms with Crippen LogP contribution in [0, 0.1) is 0 Å². The third kappa shape index (κ3) is 2.04. The Morgan fingerprint density at radius 1 is 1.18 bits per heavy atom. The second-order valence-electron chi connectivity index (χ2n) is 3.37. The van der Waals surface area contributed by atoms with Crippen LogP contribution in [0.4, 0.5) is 0 Å². The minimum absolute atomic E-state index is 0.621. The van der Waals surface area contributed by atoms with E-state index in [-0.39, 0.29) is 0 Å². The quantitative estimate of drug-likeness (QED) is 0.778. The number of aromatic nitrogens is 4. The van der Waals surface area contributed by atoms with Crippen LogP contribution in [0.15, 0.2) is 17.8 Å². The van der Waals surface area contributed by atoms with Crippen LogP contribution in [0.1, 0.15) is 5.01 Å². The molecule has 0 aliphatic rings. The molecule has 3 aromatic heterocycles. The Labute approximate surface area is 105 Å². The van der Waals surface area contributed by atoms with Crippen molar-refractivity contribution in [2.45, 2.75) is 6.42 Å². The molecule has 0 unspecified atom stereocenters. The Morgan fingerprint density at radius 2 is 2.06 bits per heavy atom. The van der Waals surface area contributed by atoms with Crippen LogP contribution in [0.5, 0.6) is 0 Å². The lowest BCUT2D eigenvalue weighted by Gasteiger charge is -1.88. The fourth-order valence-corrected chi connectivity index (χ4v) is 3.14. The molecule has 17 heavy (non-hydrogen) atoms. The number of rotatable bonds is 3. The number of fused-ring (bicyclic) bond motifs is 1. The van der Waals surface area contributed by atoms with Gasteiger partial charge in [0.05, 0.1) is 5.01 Å². The van der Waals surface area contributed by atoms with Crippen molar-refractivity contribution in [3.8, 4) is 10.7 Å². The average Bonchev–Trinajstić information content (AvgIpc) is 2.94. The summed E-state index contributed by atoms with van der Waals surface area (Å²) < 4.78 is 0. The summed E-state index contributed by atoms with van der Waals surface area (Å²) in [4.78, 5) is 18.1. The molecule has 5 nitrogen and oxygen atoms in total. The first kappa shape index (κ1) is 10.7. The molecule has 0 aliphatic heterocycles. The van der Waals surface area contributed by atoms with E-state index in [0.29, 0.717) is 12.2 Å². The molecule has 2 N–H and O–H groups in total. The first-order valence-electron chi connectivity index (χ1n) is 5.09. The van der Waals surface area contributed by atoms with Gasteiger partial charge in [0.1, 0.15) is 10.7 Å². The molecule has 0 saturated carbocycles. The molecule has 0 atom stereocenters. The third-order valence-electron chi connectivity index (χ3n) is 2.18. The second-order valence-corrected chi connectivity index (χ2v) is 5.29. The van der Waals surface area contributed by atoms with Gasteiger partial charge in [-0.25, -0.2) is 19.9 Å². The molecule has 3 heterocycles. The molecular formula is C10H9N5S2. The van der Waals surface area contributed by atoms with E-state index in [4.69, 9.17) is 5.73 Å². The van der Waals surface area contributed by atoms with Gasteiger partial charge < -0.3 is 5.73 Å². The van der Waals surface area contributed by atoms with Crippen molar-refractivity contribution in [1.29, 1.82) is 0 Å². The normalized spacial score (nSPS) is 11.1. The van der Waals surface area contributed by atoms with E-state index in [1.807, 2.05) is 5.38 Å². The number of nitrogens with two attached hydrogens (primary N) is 1. The summed E-state index contributed by atoms with van der Waals surface area (Å²) in [5.41, 5.74) is 7.08. The van der Waals surface area contributed by atoms with E-state index < -0.39 is 0 Å². The maximum Gasteiger partial charge on any atom is 0.190 e. The Balaban J connectivity index is 2.01. The van der Waals surface area contributed by atoms with Crippen molar-refractivity contribution in [3.05, 3.63) is 22.8 Å². The van der Waals surface area contributed by atoms with Gasteiger partial charge in [-0.15, -0.1) is 11.3 Å². The number of nitrogens with zero attached hydrogens (tertiary/aromatic N) is 4. The van der Waals surface area contributed by atoms with Gasteiger partial charge in [-0.1, -0.05) is 11.3 Å². The number of hydrogen-bond donors (Lipinski definition) is 1. The van der Waals surface area contributed by atoms with E-state index in [2.05, 4.69) is 19.9 Å². The van der Waals surface area contributed by atoms with Crippen LogP contribution >= 0.6 is 22.7 Å². The average molecular weight is 263 g/mol. The van der Waals surface area contributed by atoms with Gasteiger partial charge in [0.2, 0.25) is 0 Å². The maximum atomic E-state index is 5.50. The summed E-state index contributed by atoms with van der Waals surface area (Å²) in [6.45, 7) is 0.621. The van der Waals surface area contributed by atoms with Crippen molar-refractivity contribution in [1.82, 2.24) is 19.9 Å². The van der Waals surface area contributed by atoms with Gasteiger partial charge >= 0.3 is 0 Å². The predicted octanol–water partition coefficient (Wildman–Crippen LogP) is 1.71. The monoisotopic (exact) mass is 263 g/mol. The topological polar surface area (TPSA) is 77.6 Å². The van der Waals surface area contributed by atoms with Crippen molar-refractivity contribution < 1.29 is 0 Å². The highest BCUT2D eigenvalue weighted by Crippen LogP contribution is 2.28. The molecule has 3 aromatic rings. The van der Waals surface area contributed by atoms with Gasteiger partial charge in [-0.3, -0.25) is 0 Å². The third-order valence-corrected chi connectivity index (χ3v) is 4.06. The Hall–Kier alpha value is -1.44. The van der Waals surface area contributed by atoms with Crippen LogP contribution in [-0.2, 0) is 6.42 Å². The molecule has 0 spiro atoms. The molecule has 0 aliphatic carbocycles. The summed E-state index contributed by atoms with van der Waals surface area (Å²) in [7, 11) is 0. The molecule has 7 heteroatoms. The smallest absolute Gasteiger partial charge is 0.190 e. The van der Waals surface area contributed by atoms with Gasteiger partial charge in [-0.05, 0) is 6.54 Å². The van der Waals surface area contributed by atoms with E-state index in [1.165, 1.54) is 11.3 Å². The molecule has 86 valence electrons. The summed E-state index contributed by atoms with van der Waals surface area (Å²) in [6.07, 6.45) is 4.13. The fourth-order valence-electron chi connectivity index (χ4n) is 1.43. The first-order chi connectivity index (χ1) is 8.36. The molecule has 0 aromatic carbocycles. The van der Waals surface area contributed by atoms with Crippen LogP contribution in [0.2, 0.25) is 0 Å². The zero-order valence-electron chi connectivity index (χ0n) is 8.83. The summed E-state index contributed by atoms with van der Waals surface area (Å²) in [5.74, 6) is 0. The Morgan fingerprint density at radius 3 is 2.88 bits per heavy atom. The maximum absolute atomic E-state index is 5.50. The standard InChI is InChI=1S/C10H9N5S2/c11-2-1-7-14-6(5-16-7)9-15-8-10(17-9)13-4-3-12-8/h3-5H,1-2,11H2. The summed E-state index contributed by atoms with van der Waals surface area (Å²) >= 11 is 3.12. The van der Waals surface area contributed by atoms with Gasteiger partial charge in [0, 0.05) is 24.2 Å². The van der Waals surface area contributed by atoms with Crippen molar-refractivity contribution in [2.75, 3.05) is 6.54 Å². The lowest BCUT2D eigenvalue weighted by molar-refractivity contribution is 0.954. The van der Waals surface area contributed by atoms with E-state index in [9.17, 15) is 0 Å². The molecule has 0 radical (unpaired) electrons. The minimum atomic E-state index is 0.621. The molecule has 0 saturated heterocycles. The Kier molecular flexibility index (Phi) is 2.79. The predicted molar refractivity (Wildman–Crippen MR) is 69.1 cm³/mol. The van der Waals surface area contributed by atoms with E-state index >= 15 is 0 Å². The van der Waals surface area contributed by atoms with Gasteiger partial charge in [0.25, 0.3) is 0 Å². The summed E-state index contributed by atoms with van der Waals surface area (Å²) in [6, 6.07) is 0. The Bertz CT molecular complexity index is 612. The minimum Gasteiger partial charge on any atom is -0.330 e. The van der Waals surface area contributed by atoms with E-state index in [1.54, 1.807) is 23.7 Å². The van der Waals surface area contributed by atoms with Crippen LogP contribution in [0.25, 0.3) is 21.2 Å². The van der Waals surface area contributed by atoms with Gasteiger partial charge in [-0.2, -0.15) is 0 Å². The highest BCUT2D eigenvalue weighted by molar-refractivity contribution is 7.21. The van der Waals surface area contributed by atoms with Crippen molar-refractivity contribution in [2.24, 2.45) is 5.73 Å². The highest BCUT2D eigenvalue weighted by Gasteiger charge is 2.10. The lowest BCUT2D eigenvalue weighted by atomic mass is 10.4. The molecule has 0 amide bonds. The van der Waals surface area contributed by atoms with Gasteiger partial charge in [0.15, 0.2) is 10.5 Å². The molecule has 0 fully saturated rings. The molecule has 3 rings (SSSR count). The fraction of sp³-hybridized carbons (Fsp3) is 0.200. The summed E-state index contributed by atoms with van der Waals surface area (Å²) in [5, 5.41) is 3.91. The molecular weight excluding hydrogens is 254 g/mol. The number of thiazole rings is 2. The zero-order chi connectivity index (χ0) is 11.7. The van der Waals surface area contributed by atoms with E-state index in [0.717, 1.165) is 27.0 Å². The highest BCUT2D eigenvalue weighted by atomic mass is 32.1. The van der Waals surface area contributed by atoms with Crippen molar-refractivity contribution >= 4 is 33.2 Å². The second kappa shape index (κ2) is 4.44. The zero-order valence-corrected chi connectivity index (χ0v) is 10.5. The number of hydrogen-bond acceptors (Lipinski definition) is 7. The SMILES string of the molecule is NCCc1nc(-c2nc3nccnc3s2)cs1. The largest absolute Gasteiger partial charge is 0.330 e.